The van der Waals surface area contributed by atoms with Crippen LogP contribution in [0.1, 0.15) is 51.6 Å². The Kier molecular flexibility index (Phi) is 5.61. The van der Waals surface area contributed by atoms with E-state index < -0.39 is 5.82 Å². The van der Waals surface area contributed by atoms with Crippen molar-refractivity contribution >= 4 is 39.7 Å². The van der Waals surface area contributed by atoms with Gasteiger partial charge in [0.2, 0.25) is 0 Å². The molecular formula is C30H22FNO3. The molecule has 0 aliphatic carbocycles. The molecule has 35 heavy (non-hydrogen) atoms. The first kappa shape index (κ1) is 22.4. The molecule has 0 fully saturated rings. The van der Waals surface area contributed by atoms with Crippen molar-refractivity contribution in [2.24, 2.45) is 0 Å². The van der Waals surface area contributed by atoms with Crippen molar-refractivity contribution in [1.29, 1.82) is 0 Å². The van der Waals surface area contributed by atoms with Gasteiger partial charge in [-0.15, -0.1) is 0 Å². The summed E-state index contributed by atoms with van der Waals surface area (Å²) in [6.07, 6.45) is 0.915. The number of benzene rings is 4. The molecule has 0 saturated heterocycles. The Morgan fingerprint density at radius 1 is 0.771 bits per heavy atom. The van der Waals surface area contributed by atoms with E-state index in [-0.39, 0.29) is 17.5 Å². The largest absolute Gasteiger partial charge is 0.309 e. The Morgan fingerprint density at radius 3 is 1.89 bits per heavy atom. The van der Waals surface area contributed by atoms with E-state index in [4.69, 9.17) is 0 Å². The Morgan fingerprint density at radius 2 is 1.31 bits per heavy atom. The first-order valence-corrected chi connectivity index (χ1v) is 11.3. The lowest BCUT2D eigenvalue weighted by molar-refractivity contribution is -0.108. The molecular weight excluding hydrogens is 441 g/mol. The van der Waals surface area contributed by atoms with E-state index in [2.05, 4.69) is 4.57 Å². The highest BCUT2D eigenvalue weighted by molar-refractivity contribution is 6.16. The summed E-state index contributed by atoms with van der Waals surface area (Å²) in [6, 6.07) is 24.3. The number of Topliss-reactive ketones (excluding diaryl/α,β-unsaturated/α-hetero) is 1. The fourth-order valence-electron chi connectivity index (χ4n) is 4.44. The average Bonchev–Trinajstić information content (AvgIpc) is 3.21. The molecule has 172 valence electrons. The Bertz CT molecular complexity index is 1610. The van der Waals surface area contributed by atoms with Crippen LogP contribution in [0.3, 0.4) is 0 Å². The third-order valence-corrected chi connectivity index (χ3v) is 6.42. The number of aldehydes is 1. The second kappa shape index (κ2) is 8.76. The molecule has 0 aliphatic rings. The molecule has 0 N–H and O–H groups in total. The first-order valence-electron chi connectivity index (χ1n) is 11.3. The first-order chi connectivity index (χ1) is 16.9. The van der Waals surface area contributed by atoms with Gasteiger partial charge in [0, 0.05) is 39.1 Å². The molecule has 0 aliphatic heterocycles. The molecule has 5 rings (SSSR count). The molecule has 0 spiro atoms. The van der Waals surface area contributed by atoms with Gasteiger partial charge in [-0.05, 0) is 85.3 Å². The van der Waals surface area contributed by atoms with Crippen LogP contribution in [-0.4, -0.2) is 22.4 Å². The second-order valence-corrected chi connectivity index (χ2v) is 8.71. The smallest absolute Gasteiger partial charge is 0.193 e. The lowest BCUT2D eigenvalue weighted by atomic mass is 10.0. The third kappa shape index (κ3) is 3.95. The van der Waals surface area contributed by atoms with Gasteiger partial charge in [-0.2, -0.15) is 0 Å². The van der Waals surface area contributed by atoms with Crippen molar-refractivity contribution in [2.45, 2.75) is 19.8 Å². The maximum Gasteiger partial charge on any atom is 0.193 e. The van der Waals surface area contributed by atoms with E-state index in [1.54, 1.807) is 12.1 Å². The summed E-state index contributed by atoms with van der Waals surface area (Å²) in [7, 11) is 0. The average molecular weight is 464 g/mol. The molecule has 0 amide bonds. The quantitative estimate of drug-likeness (QED) is 0.209. The molecule has 1 atom stereocenters. The number of hydrogen-bond donors (Lipinski definition) is 0. The van der Waals surface area contributed by atoms with Crippen LogP contribution >= 0.6 is 0 Å². The van der Waals surface area contributed by atoms with Crippen LogP contribution in [0.2, 0.25) is 0 Å². The summed E-state index contributed by atoms with van der Waals surface area (Å²) in [5.41, 5.74) is 5.07. The SMILES string of the molecule is CC(=O)c1ccc2c(c1)c1cc(C(=O)c3ccc(F)cc3)ccc1n2-c1ccc(C(C)C=O)cc1. The maximum absolute atomic E-state index is 13.3. The third-order valence-electron chi connectivity index (χ3n) is 6.42. The number of nitrogens with zero attached hydrogens (tertiary/aromatic N) is 1. The van der Waals surface area contributed by atoms with Crippen LogP contribution in [0.4, 0.5) is 4.39 Å². The van der Waals surface area contributed by atoms with E-state index in [0.29, 0.717) is 16.7 Å². The van der Waals surface area contributed by atoms with Gasteiger partial charge in [-0.3, -0.25) is 9.59 Å². The zero-order chi connectivity index (χ0) is 24.7. The van der Waals surface area contributed by atoms with Gasteiger partial charge >= 0.3 is 0 Å². The van der Waals surface area contributed by atoms with Crippen molar-refractivity contribution in [3.63, 3.8) is 0 Å². The zero-order valence-corrected chi connectivity index (χ0v) is 19.3. The van der Waals surface area contributed by atoms with Gasteiger partial charge in [0.15, 0.2) is 11.6 Å². The van der Waals surface area contributed by atoms with Crippen LogP contribution in [0.25, 0.3) is 27.5 Å². The highest BCUT2D eigenvalue weighted by Crippen LogP contribution is 2.34. The summed E-state index contributed by atoms with van der Waals surface area (Å²) < 4.78 is 15.4. The number of fused-ring (bicyclic) bond motifs is 3. The predicted molar refractivity (Wildman–Crippen MR) is 135 cm³/mol. The molecule has 1 unspecified atom stereocenters. The number of carbonyl (C=O) groups is 3. The lowest BCUT2D eigenvalue weighted by Crippen LogP contribution is -2.01. The molecule has 1 aromatic heterocycles. The number of aromatic nitrogens is 1. The van der Waals surface area contributed by atoms with Crippen molar-refractivity contribution < 1.29 is 18.8 Å². The van der Waals surface area contributed by atoms with Crippen molar-refractivity contribution in [2.75, 3.05) is 0 Å². The van der Waals surface area contributed by atoms with Gasteiger partial charge < -0.3 is 9.36 Å². The van der Waals surface area contributed by atoms with E-state index >= 15 is 0 Å². The Hall–Kier alpha value is -4.38. The predicted octanol–water partition coefficient (Wildman–Crippen LogP) is 6.66. The molecule has 1 heterocycles. The summed E-state index contributed by atoms with van der Waals surface area (Å²) in [6.45, 7) is 3.38. The molecule has 5 heteroatoms. The van der Waals surface area contributed by atoms with Gasteiger partial charge in [0.05, 0.1) is 11.0 Å². The topological polar surface area (TPSA) is 56.1 Å². The fourth-order valence-corrected chi connectivity index (χ4v) is 4.44. The Balaban J connectivity index is 1.72. The molecule has 0 bridgehead atoms. The number of carbonyl (C=O) groups excluding carboxylic acids is 3. The monoisotopic (exact) mass is 463 g/mol. The highest BCUT2D eigenvalue weighted by Gasteiger charge is 2.17. The van der Waals surface area contributed by atoms with Crippen LogP contribution in [-0.2, 0) is 4.79 Å². The van der Waals surface area contributed by atoms with E-state index in [9.17, 15) is 18.8 Å². The van der Waals surface area contributed by atoms with Gasteiger partial charge in [-0.1, -0.05) is 19.1 Å². The van der Waals surface area contributed by atoms with E-state index in [1.807, 2.05) is 55.5 Å². The normalized spacial score (nSPS) is 12.1. The number of hydrogen-bond acceptors (Lipinski definition) is 3. The maximum atomic E-state index is 13.3. The van der Waals surface area contributed by atoms with Gasteiger partial charge in [0.25, 0.3) is 0 Å². The van der Waals surface area contributed by atoms with Crippen molar-refractivity contribution in [3.05, 3.63) is 113 Å². The van der Waals surface area contributed by atoms with Crippen LogP contribution in [0, 0.1) is 5.82 Å². The van der Waals surface area contributed by atoms with Crippen LogP contribution < -0.4 is 0 Å². The zero-order valence-electron chi connectivity index (χ0n) is 19.3. The van der Waals surface area contributed by atoms with E-state index in [0.717, 1.165) is 39.3 Å². The minimum atomic E-state index is -0.398. The number of ketones is 2. The van der Waals surface area contributed by atoms with Crippen LogP contribution in [0.5, 0.6) is 0 Å². The Labute approximate surface area is 201 Å². The van der Waals surface area contributed by atoms with Crippen molar-refractivity contribution in [1.82, 2.24) is 4.57 Å². The number of rotatable bonds is 6. The minimum Gasteiger partial charge on any atom is -0.309 e. The highest BCUT2D eigenvalue weighted by atomic mass is 19.1. The molecule has 4 aromatic carbocycles. The summed E-state index contributed by atoms with van der Waals surface area (Å²) >= 11 is 0. The molecule has 0 radical (unpaired) electrons. The summed E-state index contributed by atoms with van der Waals surface area (Å²) in [5.74, 6) is -0.841. The van der Waals surface area contributed by atoms with Gasteiger partial charge in [-0.25, -0.2) is 4.39 Å². The van der Waals surface area contributed by atoms with Crippen LogP contribution in [0.15, 0.2) is 84.9 Å². The minimum absolute atomic E-state index is 0.0430. The summed E-state index contributed by atoms with van der Waals surface area (Å²) in [5, 5.41) is 1.69. The second-order valence-electron chi connectivity index (χ2n) is 8.71. The number of halogens is 1. The van der Waals surface area contributed by atoms with E-state index in [1.165, 1.54) is 31.2 Å². The molecule has 4 nitrogen and oxygen atoms in total. The van der Waals surface area contributed by atoms with Crippen molar-refractivity contribution in [3.8, 4) is 5.69 Å². The fraction of sp³-hybridized carbons (Fsp3) is 0.100. The van der Waals surface area contributed by atoms with Gasteiger partial charge in [0.1, 0.15) is 12.1 Å². The molecule has 0 saturated carbocycles. The molecule has 5 aromatic rings. The lowest BCUT2D eigenvalue weighted by Gasteiger charge is -2.10. The summed E-state index contributed by atoms with van der Waals surface area (Å²) in [4.78, 5) is 36.4. The standard InChI is InChI=1S/C30H22FNO3/c1-18(17-33)20-5-11-25(12-6-20)32-28-13-7-22(19(2)34)15-26(28)27-16-23(8-14-29(27)32)30(35)21-3-9-24(31)10-4-21/h3-18H,1-2H3.